The van der Waals surface area contributed by atoms with E-state index in [0.717, 1.165) is 25.2 Å². The Morgan fingerprint density at radius 3 is 2.36 bits per heavy atom. The van der Waals surface area contributed by atoms with Crippen LogP contribution in [0.25, 0.3) is 0 Å². The fourth-order valence-electron chi connectivity index (χ4n) is 3.58. The average molecular weight is 389 g/mol. The molecule has 0 radical (unpaired) electrons. The van der Waals surface area contributed by atoms with Gasteiger partial charge in [-0.1, -0.05) is 6.07 Å². The number of halogens is 1. The van der Waals surface area contributed by atoms with Crippen molar-refractivity contribution >= 4 is 5.91 Å². The zero-order valence-electron chi connectivity index (χ0n) is 16.5. The molecule has 2 aromatic rings. The number of quaternary nitrogens is 1. The van der Waals surface area contributed by atoms with Gasteiger partial charge in [0.1, 0.15) is 12.4 Å². The molecule has 0 atom stereocenters. The standard InChI is InChI=1S/C21H25FN2O4/c1-26-18-8-7-16(19(27-2)20(18)28-3)14-23-9-11-24(12-10-23)21(25)15-5-4-6-17(22)13-15/h4-8,13H,9-12,14H2,1-3H3/p+1. The fraction of sp³-hybridized carbons (Fsp3) is 0.381. The van der Waals surface area contributed by atoms with Crippen LogP contribution in [-0.4, -0.2) is 58.3 Å². The van der Waals surface area contributed by atoms with Gasteiger partial charge in [0.15, 0.2) is 11.5 Å². The Hall–Kier alpha value is -2.80. The van der Waals surface area contributed by atoms with E-state index in [-0.39, 0.29) is 5.91 Å². The van der Waals surface area contributed by atoms with Crippen LogP contribution in [0, 0.1) is 5.82 Å². The highest BCUT2D eigenvalue weighted by atomic mass is 19.1. The minimum Gasteiger partial charge on any atom is -0.493 e. The molecule has 6 nitrogen and oxygen atoms in total. The Balaban J connectivity index is 1.65. The molecule has 1 saturated heterocycles. The summed E-state index contributed by atoms with van der Waals surface area (Å²) >= 11 is 0. The van der Waals surface area contributed by atoms with Crippen molar-refractivity contribution in [3.8, 4) is 17.2 Å². The fourth-order valence-corrected chi connectivity index (χ4v) is 3.58. The lowest BCUT2D eigenvalue weighted by Gasteiger charge is -2.32. The monoisotopic (exact) mass is 389 g/mol. The maximum absolute atomic E-state index is 13.4. The van der Waals surface area contributed by atoms with E-state index >= 15 is 0 Å². The Kier molecular flexibility index (Phi) is 6.36. The summed E-state index contributed by atoms with van der Waals surface area (Å²) in [5, 5.41) is 0. The number of nitrogens with one attached hydrogen (secondary N) is 1. The number of hydrogen-bond acceptors (Lipinski definition) is 4. The summed E-state index contributed by atoms with van der Waals surface area (Å²) in [6, 6.07) is 9.70. The summed E-state index contributed by atoms with van der Waals surface area (Å²) in [4.78, 5) is 15.7. The summed E-state index contributed by atoms with van der Waals surface area (Å²) < 4.78 is 29.7. The van der Waals surface area contributed by atoms with Crippen LogP contribution >= 0.6 is 0 Å². The van der Waals surface area contributed by atoms with E-state index < -0.39 is 5.82 Å². The molecule has 0 aromatic heterocycles. The van der Waals surface area contributed by atoms with Gasteiger partial charge in [-0.05, 0) is 30.3 Å². The summed E-state index contributed by atoms with van der Waals surface area (Å²) in [5.74, 6) is 1.37. The quantitative estimate of drug-likeness (QED) is 0.811. The van der Waals surface area contributed by atoms with Crippen molar-refractivity contribution in [2.75, 3.05) is 47.5 Å². The average Bonchev–Trinajstić information content (AvgIpc) is 2.73. The zero-order chi connectivity index (χ0) is 20.1. The van der Waals surface area contributed by atoms with Crippen LogP contribution in [0.2, 0.25) is 0 Å². The van der Waals surface area contributed by atoms with Crippen molar-refractivity contribution < 1.29 is 28.3 Å². The number of hydrogen-bond donors (Lipinski definition) is 1. The van der Waals surface area contributed by atoms with Crippen molar-refractivity contribution in [1.29, 1.82) is 0 Å². The second-order valence-electron chi connectivity index (χ2n) is 6.72. The maximum Gasteiger partial charge on any atom is 0.254 e. The van der Waals surface area contributed by atoms with E-state index in [0.29, 0.717) is 35.9 Å². The Morgan fingerprint density at radius 1 is 1.04 bits per heavy atom. The van der Waals surface area contributed by atoms with E-state index in [4.69, 9.17) is 14.2 Å². The van der Waals surface area contributed by atoms with Gasteiger partial charge in [0.25, 0.3) is 5.91 Å². The van der Waals surface area contributed by atoms with E-state index in [9.17, 15) is 9.18 Å². The van der Waals surface area contributed by atoms with Gasteiger partial charge in [-0.15, -0.1) is 0 Å². The number of piperazine rings is 1. The largest absolute Gasteiger partial charge is 0.493 e. The predicted octanol–water partition coefficient (Wildman–Crippen LogP) is 1.39. The van der Waals surface area contributed by atoms with Crippen LogP contribution in [0.5, 0.6) is 17.2 Å². The number of ether oxygens (including phenoxy) is 3. The lowest BCUT2D eigenvalue weighted by molar-refractivity contribution is -0.917. The predicted molar refractivity (Wildman–Crippen MR) is 103 cm³/mol. The maximum atomic E-state index is 13.4. The smallest absolute Gasteiger partial charge is 0.254 e. The van der Waals surface area contributed by atoms with Crippen LogP contribution in [0.15, 0.2) is 36.4 Å². The number of amides is 1. The molecule has 0 bridgehead atoms. The lowest BCUT2D eigenvalue weighted by atomic mass is 10.1. The second-order valence-corrected chi connectivity index (χ2v) is 6.72. The normalized spacial score (nSPS) is 14.6. The Labute approximate surface area is 164 Å². The van der Waals surface area contributed by atoms with E-state index in [1.54, 1.807) is 38.4 Å². The highest BCUT2D eigenvalue weighted by molar-refractivity contribution is 5.94. The first kappa shape index (κ1) is 19.9. The molecule has 1 aliphatic heterocycles. The summed E-state index contributed by atoms with van der Waals surface area (Å²) in [7, 11) is 4.80. The van der Waals surface area contributed by atoms with Crippen LogP contribution in [0.1, 0.15) is 15.9 Å². The van der Waals surface area contributed by atoms with Crippen LogP contribution in [0.4, 0.5) is 4.39 Å². The molecule has 1 fully saturated rings. The second kappa shape index (κ2) is 8.93. The third kappa shape index (κ3) is 4.20. The molecule has 1 aliphatic rings. The van der Waals surface area contributed by atoms with Gasteiger partial charge < -0.3 is 24.0 Å². The van der Waals surface area contributed by atoms with Gasteiger partial charge in [0, 0.05) is 5.56 Å². The van der Waals surface area contributed by atoms with Crippen LogP contribution < -0.4 is 19.1 Å². The first-order chi connectivity index (χ1) is 13.6. The van der Waals surface area contributed by atoms with E-state index in [2.05, 4.69) is 0 Å². The number of nitrogens with zero attached hydrogens (tertiary/aromatic N) is 1. The topological polar surface area (TPSA) is 52.4 Å². The lowest BCUT2D eigenvalue weighted by Crippen LogP contribution is -3.13. The number of benzene rings is 2. The molecule has 0 spiro atoms. The van der Waals surface area contributed by atoms with Gasteiger partial charge >= 0.3 is 0 Å². The van der Waals surface area contributed by atoms with Gasteiger partial charge in [0.05, 0.1) is 53.1 Å². The Morgan fingerprint density at radius 2 is 1.75 bits per heavy atom. The van der Waals surface area contributed by atoms with E-state index in [1.807, 2.05) is 12.1 Å². The minimum atomic E-state index is -0.393. The molecule has 0 unspecified atom stereocenters. The molecule has 0 aliphatic carbocycles. The summed E-state index contributed by atoms with van der Waals surface area (Å²) in [6.45, 7) is 3.61. The molecule has 0 saturated carbocycles. The third-order valence-corrected chi connectivity index (χ3v) is 5.06. The SMILES string of the molecule is COc1ccc(C[NH+]2CCN(C(=O)c3cccc(F)c3)CC2)c(OC)c1OC. The van der Waals surface area contributed by atoms with Crippen LogP contribution in [-0.2, 0) is 6.54 Å². The van der Waals surface area contributed by atoms with E-state index in [1.165, 1.54) is 17.0 Å². The Bertz CT molecular complexity index is 835. The highest BCUT2D eigenvalue weighted by Gasteiger charge is 2.26. The zero-order valence-corrected chi connectivity index (χ0v) is 16.5. The van der Waals surface area contributed by atoms with Crippen LogP contribution in [0.3, 0.4) is 0 Å². The number of carbonyl (C=O) groups excluding carboxylic acids is 1. The van der Waals surface area contributed by atoms with Crippen molar-refractivity contribution in [2.24, 2.45) is 0 Å². The highest BCUT2D eigenvalue weighted by Crippen LogP contribution is 2.39. The van der Waals surface area contributed by atoms with Crippen molar-refractivity contribution in [2.45, 2.75) is 6.54 Å². The number of methoxy groups -OCH3 is 3. The molecule has 7 heteroatoms. The molecule has 28 heavy (non-hydrogen) atoms. The van der Waals surface area contributed by atoms with Crippen molar-refractivity contribution in [1.82, 2.24) is 4.90 Å². The molecule has 1 N–H and O–H groups in total. The van der Waals surface area contributed by atoms with Gasteiger partial charge in [-0.25, -0.2) is 4.39 Å². The van der Waals surface area contributed by atoms with Gasteiger partial charge in [0.2, 0.25) is 5.75 Å². The molecular formula is C21H26FN2O4+. The summed E-state index contributed by atoms with van der Waals surface area (Å²) in [6.07, 6.45) is 0. The molecule has 2 aromatic carbocycles. The number of rotatable bonds is 6. The minimum absolute atomic E-state index is 0.123. The van der Waals surface area contributed by atoms with Gasteiger partial charge in [-0.3, -0.25) is 4.79 Å². The molecular weight excluding hydrogens is 363 g/mol. The van der Waals surface area contributed by atoms with Crippen molar-refractivity contribution in [3.05, 3.63) is 53.3 Å². The van der Waals surface area contributed by atoms with Crippen molar-refractivity contribution in [3.63, 3.8) is 0 Å². The molecule has 150 valence electrons. The van der Waals surface area contributed by atoms with Gasteiger partial charge in [-0.2, -0.15) is 0 Å². The first-order valence-electron chi connectivity index (χ1n) is 9.23. The summed E-state index contributed by atoms with van der Waals surface area (Å²) in [5.41, 5.74) is 1.42. The molecule has 1 heterocycles. The number of carbonyl (C=O) groups is 1. The molecule has 3 rings (SSSR count). The third-order valence-electron chi connectivity index (χ3n) is 5.06. The molecule has 1 amide bonds. The first-order valence-corrected chi connectivity index (χ1v) is 9.23.